The van der Waals surface area contributed by atoms with E-state index in [-0.39, 0.29) is 5.97 Å². The Hall–Kier alpha value is -0.570. The van der Waals surface area contributed by atoms with E-state index in [4.69, 9.17) is 4.74 Å². The number of nitrogens with one attached hydrogen (secondary N) is 1. The molecule has 1 rings (SSSR count). The third kappa shape index (κ3) is 3.82. The zero-order chi connectivity index (χ0) is 11.5. The van der Waals surface area contributed by atoms with Gasteiger partial charge in [0.1, 0.15) is 5.54 Å². The second-order valence-corrected chi connectivity index (χ2v) is 5.07. The monoisotopic (exact) mass is 213 g/mol. The van der Waals surface area contributed by atoms with Gasteiger partial charge in [0.15, 0.2) is 0 Å². The maximum Gasteiger partial charge on any atom is 0.326 e. The predicted molar refractivity (Wildman–Crippen MR) is 60.7 cm³/mol. The van der Waals surface area contributed by atoms with Gasteiger partial charge in [0.2, 0.25) is 0 Å². The Labute approximate surface area is 92.6 Å². The van der Waals surface area contributed by atoms with Crippen LogP contribution >= 0.6 is 0 Å². The van der Waals surface area contributed by atoms with Gasteiger partial charge in [0.05, 0.1) is 6.61 Å². The molecule has 88 valence electrons. The third-order valence-electron chi connectivity index (χ3n) is 2.64. The molecular formula is C12H23NO2. The van der Waals surface area contributed by atoms with Crippen molar-refractivity contribution in [1.82, 2.24) is 5.32 Å². The van der Waals surface area contributed by atoms with Crippen LogP contribution < -0.4 is 5.32 Å². The Morgan fingerprint density at radius 1 is 1.53 bits per heavy atom. The van der Waals surface area contributed by atoms with Crippen LogP contribution in [0.4, 0.5) is 0 Å². The molecular weight excluding hydrogens is 190 g/mol. The topological polar surface area (TPSA) is 38.3 Å². The quantitative estimate of drug-likeness (QED) is 0.687. The van der Waals surface area contributed by atoms with E-state index in [1.54, 1.807) is 0 Å². The minimum atomic E-state index is -0.495. The van der Waals surface area contributed by atoms with Crippen molar-refractivity contribution in [3.8, 4) is 0 Å². The van der Waals surface area contributed by atoms with Crippen molar-refractivity contribution in [1.29, 1.82) is 0 Å². The lowest BCUT2D eigenvalue weighted by Crippen LogP contribution is -2.52. The van der Waals surface area contributed by atoms with E-state index < -0.39 is 5.54 Å². The van der Waals surface area contributed by atoms with Gasteiger partial charge in [-0.2, -0.15) is 0 Å². The van der Waals surface area contributed by atoms with Crippen LogP contribution in [0.25, 0.3) is 0 Å². The maximum atomic E-state index is 11.9. The van der Waals surface area contributed by atoms with Crippen molar-refractivity contribution < 1.29 is 9.53 Å². The number of carbonyl (C=O) groups is 1. The van der Waals surface area contributed by atoms with Gasteiger partial charge in [-0.1, -0.05) is 13.8 Å². The normalized spacial score (nSPS) is 20.1. The average Bonchev–Trinajstić information content (AvgIpc) is 2.87. The molecule has 15 heavy (non-hydrogen) atoms. The number of hydrogen-bond donors (Lipinski definition) is 1. The Balaban J connectivity index is 2.59. The number of hydrogen-bond acceptors (Lipinski definition) is 3. The molecule has 3 heteroatoms. The second-order valence-electron chi connectivity index (χ2n) is 5.07. The van der Waals surface area contributed by atoms with Crippen LogP contribution in [0, 0.1) is 5.92 Å². The van der Waals surface area contributed by atoms with Crippen LogP contribution in [0.3, 0.4) is 0 Å². The summed E-state index contributed by atoms with van der Waals surface area (Å²) in [7, 11) is 0. The van der Waals surface area contributed by atoms with Crippen LogP contribution in [-0.4, -0.2) is 24.2 Å². The van der Waals surface area contributed by atoms with Gasteiger partial charge < -0.3 is 4.74 Å². The lowest BCUT2D eigenvalue weighted by Gasteiger charge is -2.30. The molecule has 0 radical (unpaired) electrons. The highest BCUT2D eigenvalue weighted by atomic mass is 16.5. The first kappa shape index (κ1) is 12.5. The minimum Gasteiger partial charge on any atom is -0.465 e. The molecule has 1 N–H and O–H groups in total. The van der Waals surface area contributed by atoms with Crippen LogP contribution in [0.15, 0.2) is 0 Å². The van der Waals surface area contributed by atoms with Crippen molar-refractivity contribution >= 4 is 5.97 Å². The molecule has 1 atom stereocenters. The fourth-order valence-corrected chi connectivity index (χ4v) is 1.99. The average molecular weight is 213 g/mol. The summed E-state index contributed by atoms with van der Waals surface area (Å²) in [5.74, 6) is 0.385. The summed E-state index contributed by atoms with van der Waals surface area (Å²) >= 11 is 0. The van der Waals surface area contributed by atoms with Gasteiger partial charge in [-0.05, 0) is 39.0 Å². The molecule has 0 amide bonds. The van der Waals surface area contributed by atoms with Gasteiger partial charge in [-0.15, -0.1) is 0 Å². The van der Waals surface area contributed by atoms with E-state index in [9.17, 15) is 4.79 Å². The van der Waals surface area contributed by atoms with Crippen LogP contribution in [0.2, 0.25) is 0 Å². The largest absolute Gasteiger partial charge is 0.465 e. The summed E-state index contributed by atoms with van der Waals surface area (Å²) in [4.78, 5) is 11.9. The molecule has 0 aromatic carbocycles. The zero-order valence-electron chi connectivity index (χ0n) is 10.3. The number of rotatable bonds is 6. The molecule has 1 aliphatic rings. The fourth-order valence-electron chi connectivity index (χ4n) is 1.99. The summed E-state index contributed by atoms with van der Waals surface area (Å²) in [6, 6.07) is 0.526. The molecule has 1 fully saturated rings. The summed E-state index contributed by atoms with van der Waals surface area (Å²) in [5, 5.41) is 3.41. The van der Waals surface area contributed by atoms with E-state index in [0.29, 0.717) is 18.6 Å². The molecule has 0 aliphatic heterocycles. The van der Waals surface area contributed by atoms with Crippen molar-refractivity contribution in [2.24, 2.45) is 5.92 Å². The van der Waals surface area contributed by atoms with Gasteiger partial charge >= 0.3 is 5.97 Å². The van der Waals surface area contributed by atoms with Crippen LogP contribution in [-0.2, 0) is 9.53 Å². The molecule has 3 nitrogen and oxygen atoms in total. The SMILES string of the molecule is CCOC(=O)C(C)(CC(C)C)NC1CC1. The molecule has 0 bridgehead atoms. The van der Waals surface area contributed by atoms with E-state index in [1.807, 2.05) is 13.8 Å². The maximum absolute atomic E-state index is 11.9. The van der Waals surface area contributed by atoms with Gasteiger partial charge in [0.25, 0.3) is 0 Å². The van der Waals surface area contributed by atoms with Crippen molar-refractivity contribution in [3.05, 3.63) is 0 Å². The minimum absolute atomic E-state index is 0.106. The van der Waals surface area contributed by atoms with Gasteiger partial charge in [0, 0.05) is 6.04 Å². The summed E-state index contributed by atoms with van der Waals surface area (Å²) in [6.45, 7) is 8.53. The van der Waals surface area contributed by atoms with Gasteiger partial charge in [-0.25, -0.2) is 0 Å². The molecule has 1 aliphatic carbocycles. The van der Waals surface area contributed by atoms with E-state index >= 15 is 0 Å². The predicted octanol–water partition coefficient (Wildman–Crippen LogP) is 2.11. The molecule has 1 saturated carbocycles. The second kappa shape index (κ2) is 4.97. The lowest BCUT2D eigenvalue weighted by atomic mass is 9.90. The molecule has 1 unspecified atom stereocenters. The Morgan fingerprint density at radius 3 is 2.53 bits per heavy atom. The van der Waals surface area contributed by atoms with Crippen molar-refractivity contribution in [2.45, 2.75) is 58.5 Å². The number of carbonyl (C=O) groups excluding carboxylic acids is 1. The lowest BCUT2D eigenvalue weighted by molar-refractivity contribution is -0.151. The first-order chi connectivity index (χ1) is 6.98. The fraction of sp³-hybridized carbons (Fsp3) is 0.917. The highest BCUT2D eigenvalue weighted by Crippen LogP contribution is 2.26. The Kier molecular flexibility index (Phi) is 4.14. The van der Waals surface area contributed by atoms with E-state index in [2.05, 4.69) is 19.2 Å². The smallest absolute Gasteiger partial charge is 0.326 e. The highest BCUT2D eigenvalue weighted by Gasteiger charge is 2.39. The summed E-state index contributed by atoms with van der Waals surface area (Å²) in [5.41, 5.74) is -0.495. The number of ether oxygens (including phenoxy) is 1. The van der Waals surface area contributed by atoms with Crippen molar-refractivity contribution in [2.75, 3.05) is 6.61 Å². The van der Waals surface area contributed by atoms with Gasteiger partial charge in [-0.3, -0.25) is 10.1 Å². The van der Waals surface area contributed by atoms with Crippen LogP contribution in [0.5, 0.6) is 0 Å². The Bertz CT molecular complexity index is 218. The highest BCUT2D eigenvalue weighted by molar-refractivity contribution is 5.80. The standard InChI is InChI=1S/C12H23NO2/c1-5-15-11(14)12(4,8-9(2)3)13-10-6-7-10/h9-10,13H,5-8H2,1-4H3. The first-order valence-corrected chi connectivity index (χ1v) is 5.93. The molecule has 0 aromatic rings. The number of esters is 1. The van der Waals surface area contributed by atoms with Crippen LogP contribution in [0.1, 0.15) is 47.0 Å². The zero-order valence-corrected chi connectivity index (χ0v) is 10.3. The third-order valence-corrected chi connectivity index (χ3v) is 2.64. The molecule has 0 spiro atoms. The van der Waals surface area contributed by atoms with E-state index in [0.717, 1.165) is 6.42 Å². The summed E-state index contributed by atoms with van der Waals surface area (Å²) < 4.78 is 5.14. The molecule has 0 saturated heterocycles. The summed E-state index contributed by atoms with van der Waals surface area (Å²) in [6.07, 6.45) is 3.21. The molecule has 0 aromatic heterocycles. The Morgan fingerprint density at radius 2 is 2.13 bits per heavy atom. The van der Waals surface area contributed by atoms with E-state index in [1.165, 1.54) is 12.8 Å². The molecule has 0 heterocycles. The first-order valence-electron chi connectivity index (χ1n) is 5.93. The van der Waals surface area contributed by atoms with Crippen molar-refractivity contribution in [3.63, 3.8) is 0 Å².